The molecule has 0 radical (unpaired) electrons. The molecule has 0 aliphatic rings. The van der Waals surface area contributed by atoms with Crippen molar-refractivity contribution >= 4 is 10.4 Å². The van der Waals surface area contributed by atoms with Crippen LogP contribution in [0.2, 0.25) is 0 Å². The lowest BCUT2D eigenvalue weighted by molar-refractivity contribution is -0.368. The SMILES string of the molecule is CCCCCCCCCCCCCC[NH3+].COS(=O)(=O)[O-]. The summed E-state index contributed by atoms with van der Waals surface area (Å²) in [6.45, 7) is 3.41. The van der Waals surface area contributed by atoms with Gasteiger partial charge in [0.2, 0.25) is 10.4 Å². The van der Waals surface area contributed by atoms with Crippen molar-refractivity contribution < 1.29 is 22.9 Å². The maximum atomic E-state index is 9.22. The average Bonchev–Trinajstić information content (AvgIpc) is 2.45. The molecule has 0 unspecified atom stereocenters. The first kappa shape index (κ1) is 23.1. The van der Waals surface area contributed by atoms with Crippen LogP contribution in [0, 0.1) is 0 Å². The second-order valence-corrected chi connectivity index (χ2v) is 6.47. The molecule has 5 nitrogen and oxygen atoms in total. The van der Waals surface area contributed by atoms with Crippen LogP contribution in [-0.4, -0.2) is 26.6 Å². The Morgan fingerprint density at radius 1 is 0.810 bits per heavy atom. The molecule has 0 rings (SSSR count). The van der Waals surface area contributed by atoms with Crippen molar-refractivity contribution in [3.63, 3.8) is 0 Å². The molecule has 0 aliphatic heterocycles. The Labute approximate surface area is 131 Å². The number of rotatable bonds is 13. The van der Waals surface area contributed by atoms with E-state index in [2.05, 4.69) is 16.8 Å². The minimum Gasteiger partial charge on any atom is -0.726 e. The predicted molar refractivity (Wildman–Crippen MR) is 85.5 cm³/mol. The molecular weight excluding hydrogens is 290 g/mol. The van der Waals surface area contributed by atoms with Gasteiger partial charge in [-0.2, -0.15) is 0 Å². The Hall–Kier alpha value is -0.170. The van der Waals surface area contributed by atoms with Gasteiger partial charge in [0.15, 0.2) is 0 Å². The summed E-state index contributed by atoms with van der Waals surface area (Å²) < 4.78 is 31.0. The van der Waals surface area contributed by atoms with E-state index in [4.69, 9.17) is 0 Å². The second kappa shape index (κ2) is 17.9. The van der Waals surface area contributed by atoms with Crippen LogP contribution in [0.5, 0.6) is 0 Å². The Morgan fingerprint density at radius 3 is 1.33 bits per heavy atom. The van der Waals surface area contributed by atoms with E-state index in [9.17, 15) is 13.0 Å². The Kier molecular flexibility index (Phi) is 19.7. The zero-order valence-electron chi connectivity index (χ0n) is 13.9. The summed E-state index contributed by atoms with van der Waals surface area (Å²) in [4.78, 5) is 0. The molecule has 0 bridgehead atoms. The summed E-state index contributed by atoms with van der Waals surface area (Å²) in [6.07, 6.45) is 17.2. The molecule has 0 aromatic heterocycles. The Morgan fingerprint density at radius 2 is 1.10 bits per heavy atom. The average molecular weight is 326 g/mol. The van der Waals surface area contributed by atoms with E-state index >= 15 is 0 Å². The van der Waals surface area contributed by atoms with E-state index in [1.54, 1.807) is 0 Å². The van der Waals surface area contributed by atoms with E-state index in [0.29, 0.717) is 0 Å². The largest absolute Gasteiger partial charge is 0.726 e. The highest BCUT2D eigenvalue weighted by atomic mass is 32.3. The number of hydrogen-bond donors (Lipinski definition) is 1. The number of quaternary nitrogens is 1. The van der Waals surface area contributed by atoms with E-state index in [1.807, 2.05) is 0 Å². The zero-order chi connectivity index (χ0) is 16.4. The lowest BCUT2D eigenvalue weighted by Crippen LogP contribution is -2.50. The lowest BCUT2D eigenvalue weighted by Gasteiger charge is -2.01. The molecule has 130 valence electrons. The van der Waals surface area contributed by atoms with E-state index in [1.165, 1.54) is 77.0 Å². The summed E-state index contributed by atoms with van der Waals surface area (Å²) in [5.74, 6) is 0. The predicted octanol–water partition coefficient (Wildman–Crippen LogP) is 3.02. The van der Waals surface area contributed by atoms with Crippen LogP contribution < -0.4 is 5.73 Å². The van der Waals surface area contributed by atoms with Crippen LogP contribution in [0.3, 0.4) is 0 Å². The van der Waals surface area contributed by atoms with Gasteiger partial charge in [-0.25, -0.2) is 8.42 Å². The highest BCUT2D eigenvalue weighted by Gasteiger charge is 1.92. The maximum absolute atomic E-state index is 9.22. The molecule has 0 aliphatic carbocycles. The molecule has 0 saturated heterocycles. The summed E-state index contributed by atoms with van der Waals surface area (Å²) in [5.41, 5.74) is 3.87. The van der Waals surface area contributed by atoms with Crippen molar-refractivity contribution in [3.8, 4) is 0 Å². The maximum Gasteiger partial charge on any atom is 0.217 e. The molecule has 0 atom stereocenters. The number of unbranched alkanes of at least 4 members (excludes halogenated alkanes) is 11. The third-order valence-corrected chi connectivity index (χ3v) is 3.72. The summed E-state index contributed by atoms with van der Waals surface area (Å²) in [7, 11) is -3.60. The highest BCUT2D eigenvalue weighted by Crippen LogP contribution is 2.11. The van der Waals surface area contributed by atoms with Gasteiger partial charge in [0.25, 0.3) is 0 Å². The van der Waals surface area contributed by atoms with Crippen LogP contribution in [0.4, 0.5) is 0 Å². The van der Waals surface area contributed by atoms with E-state index in [0.717, 1.165) is 13.7 Å². The molecule has 0 saturated carbocycles. The van der Waals surface area contributed by atoms with Crippen molar-refractivity contribution in [1.29, 1.82) is 0 Å². The van der Waals surface area contributed by atoms with Crippen molar-refractivity contribution in [1.82, 2.24) is 0 Å². The molecule has 0 aromatic carbocycles. The first-order valence-corrected chi connectivity index (χ1v) is 9.62. The molecular formula is C15H35NO4S. The fourth-order valence-electron chi connectivity index (χ4n) is 2.02. The van der Waals surface area contributed by atoms with Gasteiger partial charge in [-0.3, -0.25) is 4.18 Å². The van der Waals surface area contributed by atoms with Crippen LogP contribution in [-0.2, 0) is 14.6 Å². The quantitative estimate of drug-likeness (QED) is 0.320. The van der Waals surface area contributed by atoms with Gasteiger partial charge in [-0.05, 0) is 12.8 Å². The first-order chi connectivity index (χ1) is 9.97. The van der Waals surface area contributed by atoms with Gasteiger partial charge in [0.05, 0.1) is 13.7 Å². The van der Waals surface area contributed by atoms with Crippen LogP contribution in [0.15, 0.2) is 0 Å². The zero-order valence-corrected chi connectivity index (χ0v) is 14.8. The molecule has 0 aromatic rings. The second-order valence-electron chi connectivity index (χ2n) is 5.32. The summed E-state index contributed by atoms with van der Waals surface area (Å²) in [5, 5.41) is 0. The Bertz CT molecular complexity index is 269. The van der Waals surface area contributed by atoms with Gasteiger partial charge in [-0.15, -0.1) is 0 Å². The minimum absolute atomic E-state index is 0.808. The highest BCUT2D eigenvalue weighted by molar-refractivity contribution is 7.80. The minimum atomic E-state index is -4.41. The molecule has 0 amide bonds. The topological polar surface area (TPSA) is 94.1 Å². The van der Waals surface area contributed by atoms with Gasteiger partial charge < -0.3 is 10.3 Å². The van der Waals surface area contributed by atoms with Crippen molar-refractivity contribution in [2.24, 2.45) is 0 Å². The molecule has 3 N–H and O–H groups in total. The van der Waals surface area contributed by atoms with Crippen molar-refractivity contribution in [2.45, 2.75) is 84.0 Å². The van der Waals surface area contributed by atoms with Gasteiger partial charge in [0, 0.05) is 0 Å². The molecule has 6 heteroatoms. The smallest absolute Gasteiger partial charge is 0.217 e. The standard InChI is InChI=1S/C14H31N.CH4O4S/c1-2-3-4-5-6-7-8-9-10-11-12-13-14-15;1-5-6(2,3)4/h2-15H2,1H3;1H3,(H,2,3,4). The third kappa shape index (κ3) is 28.7. The van der Waals surface area contributed by atoms with E-state index in [-0.39, 0.29) is 0 Å². The molecule has 0 fully saturated rings. The van der Waals surface area contributed by atoms with Gasteiger partial charge in [0.1, 0.15) is 0 Å². The van der Waals surface area contributed by atoms with Crippen molar-refractivity contribution in [3.05, 3.63) is 0 Å². The molecule has 0 spiro atoms. The Balaban J connectivity index is 0. The monoisotopic (exact) mass is 325 g/mol. The van der Waals surface area contributed by atoms with Gasteiger partial charge >= 0.3 is 0 Å². The van der Waals surface area contributed by atoms with Crippen molar-refractivity contribution in [2.75, 3.05) is 13.7 Å². The number of hydrogen-bond acceptors (Lipinski definition) is 4. The first-order valence-electron chi connectivity index (χ1n) is 8.28. The molecule has 21 heavy (non-hydrogen) atoms. The summed E-state index contributed by atoms with van der Waals surface area (Å²) >= 11 is 0. The third-order valence-electron chi connectivity index (χ3n) is 3.31. The van der Waals surface area contributed by atoms with Gasteiger partial charge in [-0.1, -0.05) is 71.1 Å². The molecule has 0 heterocycles. The van der Waals surface area contributed by atoms with Crippen LogP contribution in [0.1, 0.15) is 84.0 Å². The fourth-order valence-corrected chi connectivity index (χ4v) is 2.02. The summed E-state index contributed by atoms with van der Waals surface area (Å²) in [6, 6.07) is 0. The van der Waals surface area contributed by atoms with Crippen LogP contribution >= 0.6 is 0 Å². The van der Waals surface area contributed by atoms with Crippen LogP contribution in [0.25, 0.3) is 0 Å². The lowest BCUT2D eigenvalue weighted by atomic mass is 10.1. The normalized spacial score (nSPS) is 11.0. The van der Waals surface area contributed by atoms with E-state index < -0.39 is 10.4 Å². The fraction of sp³-hybridized carbons (Fsp3) is 1.00.